The van der Waals surface area contributed by atoms with Crippen LogP contribution in [0.4, 0.5) is 8.78 Å². The van der Waals surface area contributed by atoms with E-state index in [9.17, 15) is 8.78 Å². The van der Waals surface area contributed by atoms with Gasteiger partial charge < -0.3 is 9.47 Å². The fourth-order valence-corrected chi connectivity index (χ4v) is 0.933. The molecule has 0 atom stereocenters. The van der Waals surface area contributed by atoms with Crippen molar-refractivity contribution in [3.63, 3.8) is 0 Å². The van der Waals surface area contributed by atoms with Gasteiger partial charge in [0.1, 0.15) is 13.2 Å². The van der Waals surface area contributed by atoms with Crippen LogP contribution in [0.15, 0.2) is 4.52 Å². The Morgan fingerprint density at radius 1 is 1.29 bits per heavy atom. The topological polar surface area (TPSA) is 57.4 Å². The van der Waals surface area contributed by atoms with Gasteiger partial charge in [-0.05, 0) is 0 Å². The van der Waals surface area contributed by atoms with Gasteiger partial charge >= 0.3 is 6.08 Å². The minimum atomic E-state index is -2.47. The third-order valence-electron chi connectivity index (χ3n) is 1.78. The molecule has 0 spiro atoms. The third kappa shape index (κ3) is 5.08. The predicted molar refractivity (Wildman–Crippen MR) is 55.3 cm³/mol. The second-order valence-electron chi connectivity index (χ2n) is 4.45. The van der Waals surface area contributed by atoms with E-state index in [2.05, 4.69) is 14.9 Å². The van der Waals surface area contributed by atoms with Crippen molar-refractivity contribution in [3.05, 3.63) is 5.82 Å². The maximum atomic E-state index is 11.7. The van der Waals surface area contributed by atoms with Crippen LogP contribution in [-0.4, -0.2) is 36.4 Å². The fourth-order valence-electron chi connectivity index (χ4n) is 0.933. The lowest BCUT2D eigenvalue weighted by Gasteiger charge is -2.10. The molecule has 0 aliphatic rings. The molecule has 98 valence electrons. The maximum absolute atomic E-state index is 11.7. The van der Waals surface area contributed by atoms with Gasteiger partial charge in [0, 0.05) is 5.41 Å². The summed E-state index contributed by atoms with van der Waals surface area (Å²) in [6, 6.07) is 0. The maximum Gasteiger partial charge on any atom is 0.417 e. The highest BCUT2D eigenvalue weighted by atomic mass is 19.3. The summed E-state index contributed by atoms with van der Waals surface area (Å²) in [5.74, 6) is 0.529. The van der Waals surface area contributed by atoms with Gasteiger partial charge in [-0.15, -0.1) is 0 Å². The highest BCUT2D eigenvalue weighted by Crippen LogP contribution is 2.20. The first-order valence-corrected chi connectivity index (χ1v) is 5.22. The number of rotatable bonds is 6. The van der Waals surface area contributed by atoms with Crippen LogP contribution >= 0.6 is 0 Å². The average Bonchev–Trinajstić information content (AvgIpc) is 2.64. The number of ether oxygens (including phenoxy) is 2. The molecule has 0 amide bonds. The van der Waals surface area contributed by atoms with Crippen LogP contribution in [0.2, 0.25) is 0 Å². The van der Waals surface area contributed by atoms with Crippen molar-refractivity contribution in [2.75, 3.05) is 19.8 Å². The van der Waals surface area contributed by atoms with Gasteiger partial charge in [-0.25, -0.2) is 8.78 Å². The van der Waals surface area contributed by atoms with Crippen LogP contribution in [0.5, 0.6) is 6.08 Å². The average molecular weight is 250 g/mol. The summed E-state index contributed by atoms with van der Waals surface area (Å²) in [6.07, 6.45) is -2.44. The zero-order valence-electron chi connectivity index (χ0n) is 10.1. The Labute approximate surface area is 98.1 Å². The Bertz CT molecular complexity index is 337. The van der Waals surface area contributed by atoms with Crippen molar-refractivity contribution in [2.45, 2.75) is 32.6 Å². The normalized spacial score (nSPS) is 12.1. The Balaban J connectivity index is 2.26. The Hall–Kier alpha value is -1.24. The van der Waals surface area contributed by atoms with Crippen LogP contribution in [0, 0.1) is 0 Å². The number of nitrogens with zero attached hydrogens (tertiary/aromatic N) is 2. The fraction of sp³-hybridized carbons (Fsp3) is 0.800. The van der Waals surface area contributed by atoms with E-state index >= 15 is 0 Å². The first-order chi connectivity index (χ1) is 7.89. The lowest BCUT2D eigenvalue weighted by atomic mass is 9.96. The lowest BCUT2D eigenvalue weighted by Crippen LogP contribution is -2.14. The van der Waals surface area contributed by atoms with Crippen LogP contribution in [0.1, 0.15) is 26.6 Å². The molecule has 1 heterocycles. The SMILES string of the molecule is CC(C)(C)c1noc(OCCOCC(F)F)n1. The molecule has 0 radical (unpaired) electrons. The number of hydrogen-bond acceptors (Lipinski definition) is 5. The van der Waals surface area contributed by atoms with Crippen molar-refractivity contribution >= 4 is 0 Å². The first kappa shape index (κ1) is 13.8. The molecule has 1 rings (SSSR count). The molecule has 0 N–H and O–H groups in total. The summed E-state index contributed by atoms with van der Waals surface area (Å²) in [7, 11) is 0. The number of hydrogen-bond donors (Lipinski definition) is 0. The molecule has 1 aromatic rings. The van der Waals surface area contributed by atoms with Gasteiger partial charge in [0.2, 0.25) is 0 Å². The Kier molecular flexibility index (Phi) is 4.80. The summed E-state index contributed by atoms with van der Waals surface area (Å²) < 4.78 is 37.9. The van der Waals surface area contributed by atoms with Crippen LogP contribution in [0.3, 0.4) is 0 Å². The number of halogens is 2. The molecule has 5 nitrogen and oxygen atoms in total. The minimum absolute atomic E-state index is 0.0237. The van der Waals surface area contributed by atoms with Crippen molar-refractivity contribution < 1.29 is 22.8 Å². The summed E-state index contributed by atoms with van der Waals surface area (Å²) >= 11 is 0. The largest absolute Gasteiger partial charge is 0.446 e. The zero-order chi connectivity index (χ0) is 12.9. The second-order valence-corrected chi connectivity index (χ2v) is 4.45. The quantitative estimate of drug-likeness (QED) is 0.723. The zero-order valence-corrected chi connectivity index (χ0v) is 10.1. The van der Waals surface area contributed by atoms with Crippen LogP contribution < -0.4 is 4.74 Å². The van der Waals surface area contributed by atoms with E-state index in [0.717, 1.165) is 0 Å². The van der Waals surface area contributed by atoms with E-state index in [1.165, 1.54) is 0 Å². The van der Waals surface area contributed by atoms with Crippen molar-refractivity contribution in [3.8, 4) is 6.08 Å². The molecule has 17 heavy (non-hydrogen) atoms. The molecular formula is C10H16F2N2O3. The van der Waals surface area contributed by atoms with Gasteiger partial charge in [-0.2, -0.15) is 4.98 Å². The highest BCUT2D eigenvalue weighted by molar-refractivity contribution is 5.01. The van der Waals surface area contributed by atoms with Crippen molar-refractivity contribution in [1.29, 1.82) is 0 Å². The summed E-state index contributed by atoms with van der Waals surface area (Å²) in [6.45, 7) is 5.37. The van der Waals surface area contributed by atoms with Crippen LogP contribution in [-0.2, 0) is 10.2 Å². The van der Waals surface area contributed by atoms with E-state index in [4.69, 9.17) is 9.26 Å². The van der Waals surface area contributed by atoms with Gasteiger partial charge in [0.05, 0.1) is 6.61 Å². The van der Waals surface area contributed by atoms with Crippen molar-refractivity contribution in [1.82, 2.24) is 10.1 Å². The number of alkyl halides is 2. The predicted octanol–water partition coefficient (Wildman–Crippen LogP) is 2.03. The van der Waals surface area contributed by atoms with E-state index in [1.54, 1.807) is 0 Å². The van der Waals surface area contributed by atoms with E-state index in [1.807, 2.05) is 20.8 Å². The number of aromatic nitrogens is 2. The van der Waals surface area contributed by atoms with Gasteiger partial charge in [0.25, 0.3) is 6.43 Å². The molecule has 0 saturated carbocycles. The van der Waals surface area contributed by atoms with E-state index in [0.29, 0.717) is 5.82 Å². The molecule has 0 saturated heterocycles. The molecule has 0 unspecified atom stereocenters. The summed E-state index contributed by atoms with van der Waals surface area (Å²) in [5, 5.41) is 3.74. The molecule has 7 heteroatoms. The highest BCUT2D eigenvalue weighted by Gasteiger charge is 2.21. The first-order valence-electron chi connectivity index (χ1n) is 5.22. The van der Waals surface area contributed by atoms with Gasteiger partial charge in [0.15, 0.2) is 5.82 Å². The smallest absolute Gasteiger partial charge is 0.417 e. The molecule has 0 fully saturated rings. The summed E-state index contributed by atoms with van der Waals surface area (Å²) in [5.41, 5.74) is -0.225. The molecule has 1 aromatic heterocycles. The summed E-state index contributed by atoms with van der Waals surface area (Å²) in [4.78, 5) is 4.01. The Morgan fingerprint density at radius 2 is 2.00 bits per heavy atom. The molecule has 0 aliphatic carbocycles. The second kappa shape index (κ2) is 5.90. The molecule has 0 aromatic carbocycles. The van der Waals surface area contributed by atoms with Crippen LogP contribution in [0.25, 0.3) is 0 Å². The van der Waals surface area contributed by atoms with E-state index in [-0.39, 0.29) is 24.7 Å². The lowest BCUT2D eigenvalue weighted by molar-refractivity contribution is 0.00418. The van der Waals surface area contributed by atoms with Crippen molar-refractivity contribution in [2.24, 2.45) is 0 Å². The Morgan fingerprint density at radius 3 is 2.53 bits per heavy atom. The molecule has 0 bridgehead atoms. The minimum Gasteiger partial charge on any atom is -0.446 e. The standard InChI is InChI=1S/C10H16F2N2O3/c1-10(2,3)8-13-9(17-14-8)16-5-4-15-6-7(11)12/h7H,4-6H2,1-3H3. The van der Waals surface area contributed by atoms with Gasteiger partial charge in [-0.1, -0.05) is 25.9 Å². The molecular weight excluding hydrogens is 234 g/mol. The third-order valence-corrected chi connectivity index (χ3v) is 1.78. The molecule has 0 aliphatic heterocycles. The van der Waals surface area contributed by atoms with E-state index < -0.39 is 13.0 Å². The van der Waals surface area contributed by atoms with Gasteiger partial charge in [-0.3, -0.25) is 4.52 Å². The monoisotopic (exact) mass is 250 g/mol.